The van der Waals surface area contributed by atoms with Crippen molar-refractivity contribution in [2.45, 2.75) is 45.8 Å². The first-order valence-corrected chi connectivity index (χ1v) is 13.6. The number of benzene rings is 1. The van der Waals surface area contributed by atoms with E-state index in [1.54, 1.807) is 0 Å². The van der Waals surface area contributed by atoms with Gasteiger partial charge in [-0.1, -0.05) is 58.5 Å². The fraction of sp³-hybridized carbons (Fsp3) is 0.579. The number of sulfone groups is 1. The molecule has 0 amide bonds. The summed E-state index contributed by atoms with van der Waals surface area (Å²) in [7, 11) is -4.72. The predicted octanol–water partition coefficient (Wildman–Crippen LogP) is 4.02. The lowest BCUT2D eigenvalue weighted by Crippen LogP contribution is -2.39. The molecule has 0 spiro atoms. The van der Waals surface area contributed by atoms with Gasteiger partial charge in [0.2, 0.25) is 0 Å². The van der Waals surface area contributed by atoms with Gasteiger partial charge in [-0.3, -0.25) is 0 Å². The summed E-state index contributed by atoms with van der Waals surface area (Å²) in [4.78, 5) is 0. The van der Waals surface area contributed by atoms with Crippen LogP contribution in [0.2, 0.25) is 19.6 Å². The predicted molar refractivity (Wildman–Crippen MR) is 102 cm³/mol. The van der Waals surface area contributed by atoms with Crippen molar-refractivity contribution in [3.05, 3.63) is 35.4 Å². The maximum Gasteiger partial charge on any atom is 0.183 e. The Kier molecular flexibility index (Phi) is 5.34. The summed E-state index contributed by atoms with van der Waals surface area (Å²) >= 11 is 0. The normalized spacial score (nSPS) is 24.1. The number of hydrogen-bond acceptors (Lipinski definition) is 3. The van der Waals surface area contributed by atoms with Gasteiger partial charge >= 0.3 is 0 Å². The third kappa shape index (κ3) is 4.95. The van der Waals surface area contributed by atoms with Gasteiger partial charge in [-0.25, -0.2) is 8.42 Å². The highest BCUT2D eigenvalue weighted by molar-refractivity contribution is 7.91. The van der Waals surface area contributed by atoms with Crippen LogP contribution in [0.5, 0.6) is 0 Å². The Bertz CT molecular complexity index is 741. The molecule has 2 atom stereocenters. The minimum Gasteiger partial charge on any atom is -0.357 e. The molecule has 2 rings (SSSR count). The van der Waals surface area contributed by atoms with E-state index in [9.17, 15) is 8.42 Å². The first-order chi connectivity index (χ1) is 10.9. The highest BCUT2D eigenvalue weighted by atomic mass is 32.2. The van der Waals surface area contributed by atoms with Crippen LogP contribution in [0.25, 0.3) is 0 Å². The smallest absolute Gasteiger partial charge is 0.183 e. The Morgan fingerprint density at radius 3 is 2.17 bits per heavy atom. The molecule has 24 heavy (non-hydrogen) atoms. The van der Waals surface area contributed by atoms with Crippen LogP contribution < -0.4 is 0 Å². The summed E-state index contributed by atoms with van der Waals surface area (Å²) in [6.07, 6.45) is 0. The van der Waals surface area contributed by atoms with Gasteiger partial charge < -0.3 is 4.74 Å². The van der Waals surface area contributed by atoms with Gasteiger partial charge in [0.25, 0.3) is 0 Å². The molecule has 1 aliphatic heterocycles. The Morgan fingerprint density at radius 2 is 1.71 bits per heavy atom. The lowest BCUT2D eigenvalue weighted by atomic mass is 9.82. The SMILES string of the molecule is CC(C)(C)[C@H]1CO[C@H](c2ccc(C#C[Si](C)(C)C)cc2)S(=O)(=O)C1. The van der Waals surface area contributed by atoms with Crippen LogP contribution in [0.4, 0.5) is 0 Å². The van der Waals surface area contributed by atoms with E-state index in [1.165, 1.54) is 0 Å². The zero-order valence-electron chi connectivity index (χ0n) is 15.5. The molecular weight excluding hydrogens is 336 g/mol. The summed E-state index contributed by atoms with van der Waals surface area (Å²) in [5.41, 5.74) is 4.00. The maximum atomic E-state index is 12.6. The fourth-order valence-electron chi connectivity index (χ4n) is 2.51. The summed E-state index contributed by atoms with van der Waals surface area (Å²) in [6, 6.07) is 7.43. The second-order valence-electron chi connectivity index (χ2n) is 8.68. The molecule has 3 nitrogen and oxygen atoms in total. The van der Waals surface area contributed by atoms with Gasteiger partial charge in [0.05, 0.1) is 12.4 Å². The molecule has 1 saturated heterocycles. The summed E-state index contributed by atoms with van der Waals surface area (Å²) in [5.74, 6) is 3.39. The van der Waals surface area contributed by atoms with Crippen LogP contribution in [-0.4, -0.2) is 28.9 Å². The van der Waals surface area contributed by atoms with Crippen molar-refractivity contribution in [2.75, 3.05) is 12.4 Å². The molecular formula is C19H28O3SSi. The van der Waals surface area contributed by atoms with Crippen LogP contribution in [0.15, 0.2) is 24.3 Å². The zero-order chi connectivity index (χ0) is 18.2. The highest BCUT2D eigenvalue weighted by Crippen LogP contribution is 2.37. The van der Waals surface area contributed by atoms with Gasteiger partial charge in [0.1, 0.15) is 8.07 Å². The molecule has 0 radical (unpaired) electrons. The lowest BCUT2D eigenvalue weighted by Gasteiger charge is -2.36. The topological polar surface area (TPSA) is 43.4 Å². The van der Waals surface area contributed by atoms with Crippen LogP contribution >= 0.6 is 0 Å². The third-order valence-electron chi connectivity index (χ3n) is 4.20. The fourth-order valence-corrected chi connectivity index (χ4v) is 5.22. The lowest BCUT2D eigenvalue weighted by molar-refractivity contribution is 0.0311. The zero-order valence-corrected chi connectivity index (χ0v) is 17.3. The first-order valence-electron chi connectivity index (χ1n) is 8.35. The quantitative estimate of drug-likeness (QED) is 0.558. The van der Waals surface area contributed by atoms with E-state index < -0.39 is 23.3 Å². The summed E-state index contributed by atoms with van der Waals surface area (Å²) in [5, 5.41) is 0. The van der Waals surface area contributed by atoms with Crippen LogP contribution in [0.1, 0.15) is 37.3 Å². The molecule has 1 fully saturated rings. The minimum absolute atomic E-state index is 0.0284. The van der Waals surface area contributed by atoms with E-state index in [1.807, 2.05) is 24.3 Å². The van der Waals surface area contributed by atoms with Crippen molar-refractivity contribution < 1.29 is 13.2 Å². The molecule has 1 heterocycles. The van der Waals surface area contributed by atoms with E-state index in [0.29, 0.717) is 12.2 Å². The molecule has 132 valence electrons. The van der Waals surface area contributed by atoms with Crippen molar-refractivity contribution in [3.8, 4) is 11.5 Å². The molecule has 0 aromatic heterocycles. The first kappa shape index (κ1) is 19.2. The Balaban J connectivity index is 2.19. The molecule has 0 saturated carbocycles. The number of ether oxygens (including phenoxy) is 1. The van der Waals surface area contributed by atoms with Crippen LogP contribution in [0.3, 0.4) is 0 Å². The minimum atomic E-state index is -3.31. The molecule has 1 aromatic carbocycles. The second kappa shape index (κ2) is 6.66. The van der Waals surface area contributed by atoms with Crippen molar-refractivity contribution in [1.82, 2.24) is 0 Å². The van der Waals surface area contributed by atoms with E-state index in [-0.39, 0.29) is 17.1 Å². The van der Waals surface area contributed by atoms with Crippen LogP contribution in [-0.2, 0) is 14.6 Å². The molecule has 0 bridgehead atoms. The molecule has 0 N–H and O–H groups in total. The van der Waals surface area contributed by atoms with E-state index in [0.717, 1.165) is 5.56 Å². The van der Waals surface area contributed by atoms with Gasteiger partial charge in [0, 0.05) is 11.5 Å². The molecule has 0 unspecified atom stereocenters. The van der Waals surface area contributed by atoms with Crippen molar-refractivity contribution in [2.24, 2.45) is 11.3 Å². The largest absolute Gasteiger partial charge is 0.357 e. The van der Waals surface area contributed by atoms with E-state index in [2.05, 4.69) is 51.9 Å². The van der Waals surface area contributed by atoms with Crippen molar-refractivity contribution in [1.29, 1.82) is 0 Å². The number of hydrogen-bond donors (Lipinski definition) is 0. The average molecular weight is 365 g/mol. The monoisotopic (exact) mass is 364 g/mol. The third-order valence-corrected chi connectivity index (χ3v) is 7.00. The molecule has 5 heteroatoms. The Morgan fingerprint density at radius 1 is 1.12 bits per heavy atom. The maximum absolute atomic E-state index is 12.6. The molecule has 0 aliphatic carbocycles. The average Bonchev–Trinajstić information content (AvgIpc) is 2.43. The van der Waals surface area contributed by atoms with Crippen LogP contribution in [0, 0.1) is 22.8 Å². The number of rotatable bonds is 1. The molecule has 1 aliphatic rings. The molecule has 1 aromatic rings. The van der Waals surface area contributed by atoms with Gasteiger partial charge in [-0.15, -0.1) is 5.54 Å². The van der Waals surface area contributed by atoms with Crippen molar-refractivity contribution >= 4 is 17.9 Å². The Labute approximate surface area is 147 Å². The van der Waals surface area contributed by atoms with E-state index in [4.69, 9.17) is 4.74 Å². The van der Waals surface area contributed by atoms with Gasteiger partial charge in [0.15, 0.2) is 15.3 Å². The standard InChI is InChI=1S/C19H28O3SSi/c1-19(2,3)17-13-22-18(23(20,21)14-17)16-9-7-15(8-10-16)11-12-24(4,5)6/h7-10,17-18H,13-14H2,1-6H3/t17-,18-/m0/s1. The van der Waals surface area contributed by atoms with Gasteiger partial charge in [-0.05, 0) is 23.1 Å². The van der Waals surface area contributed by atoms with Crippen molar-refractivity contribution in [3.63, 3.8) is 0 Å². The summed E-state index contributed by atoms with van der Waals surface area (Å²) in [6.45, 7) is 13.2. The van der Waals surface area contributed by atoms with E-state index >= 15 is 0 Å². The Hall–Kier alpha value is -1.09. The van der Waals surface area contributed by atoms with Gasteiger partial charge in [-0.2, -0.15) is 0 Å². The second-order valence-corrected chi connectivity index (χ2v) is 15.5. The highest BCUT2D eigenvalue weighted by Gasteiger charge is 2.40. The summed E-state index contributed by atoms with van der Waals surface area (Å²) < 4.78 is 31.0.